The smallest absolute Gasteiger partial charge is 0.227 e. The monoisotopic (exact) mass is 455 g/mol. The highest BCUT2D eigenvalue weighted by Crippen LogP contribution is 2.26. The highest BCUT2D eigenvalue weighted by molar-refractivity contribution is 5.73. The standard InChI is InChI=1S/C29H37N5/c1-7-9-11-24-17-26(22(4)30-14-15-34(5)6)19-27(18-24)32-29-31-20-21(3)28(33-29)25-13-10-12-23(8-2)16-25/h9-13,16-20,30H,4,7-8,14-15H2,1-3,5-6H3,(H,31,32,33)/b11-9+. The van der Waals surface area contributed by atoms with E-state index in [0.717, 1.165) is 65.3 Å². The minimum absolute atomic E-state index is 0.580. The number of allylic oxidation sites excluding steroid dienone is 1. The number of aryl methyl sites for hydroxylation is 2. The molecule has 2 N–H and O–H groups in total. The van der Waals surface area contributed by atoms with E-state index in [1.54, 1.807) is 0 Å². The summed E-state index contributed by atoms with van der Waals surface area (Å²) >= 11 is 0. The van der Waals surface area contributed by atoms with Crippen molar-refractivity contribution in [3.8, 4) is 11.3 Å². The van der Waals surface area contributed by atoms with E-state index in [2.05, 4.69) is 117 Å². The van der Waals surface area contributed by atoms with Crippen LogP contribution in [-0.2, 0) is 6.42 Å². The van der Waals surface area contributed by atoms with Gasteiger partial charge in [0.15, 0.2) is 0 Å². The van der Waals surface area contributed by atoms with Gasteiger partial charge in [-0.2, -0.15) is 0 Å². The van der Waals surface area contributed by atoms with Gasteiger partial charge in [0.1, 0.15) is 0 Å². The van der Waals surface area contributed by atoms with Gasteiger partial charge in [-0.05, 0) is 80.4 Å². The lowest BCUT2D eigenvalue weighted by Gasteiger charge is -2.15. The number of hydrogen-bond donors (Lipinski definition) is 2. The molecule has 0 aliphatic heterocycles. The van der Waals surface area contributed by atoms with Gasteiger partial charge in [-0.15, -0.1) is 0 Å². The predicted octanol–water partition coefficient (Wildman–Crippen LogP) is 6.30. The molecule has 0 fully saturated rings. The van der Waals surface area contributed by atoms with Crippen molar-refractivity contribution in [2.24, 2.45) is 0 Å². The molecule has 0 spiro atoms. The predicted molar refractivity (Wildman–Crippen MR) is 146 cm³/mol. The minimum atomic E-state index is 0.580. The van der Waals surface area contributed by atoms with Gasteiger partial charge >= 0.3 is 0 Å². The summed E-state index contributed by atoms with van der Waals surface area (Å²) < 4.78 is 0. The molecule has 0 amide bonds. The van der Waals surface area contributed by atoms with Crippen LogP contribution in [0.25, 0.3) is 23.0 Å². The average molecular weight is 456 g/mol. The van der Waals surface area contributed by atoms with Crippen molar-refractivity contribution in [3.63, 3.8) is 0 Å². The zero-order valence-corrected chi connectivity index (χ0v) is 21.2. The third-order valence-electron chi connectivity index (χ3n) is 5.58. The Kier molecular flexibility index (Phi) is 9.00. The first-order valence-corrected chi connectivity index (χ1v) is 12.0. The van der Waals surface area contributed by atoms with Crippen LogP contribution in [0.1, 0.15) is 42.5 Å². The Labute approximate surface area is 204 Å². The third kappa shape index (κ3) is 7.03. The molecule has 3 rings (SSSR count). The Balaban J connectivity index is 1.90. The number of nitrogens with zero attached hydrogens (tertiary/aromatic N) is 3. The summed E-state index contributed by atoms with van der Waals surface area (Å²) in [6.45, 7) is 12.4. The molecule has 0 aliphatic rings. The molecule has 0 atom stereocenters. The molecule has 0 saturated carbocycles. The molecule has 0 unspecified atom stereocenters. The van der Waals surface area contributed by atoms with E-state index >= 15 is 0 Å². The van der Waals surface area contributed by atoms with E-state index in [1.165, 1.54) is 5.56 Å². The Morgan fingerprint density at radius 3 is 2.68 bits per heavy atom. The van der Waals surface area contributed by atoms with Crippen LogP contribution in [0.2, 0.25) is 0 Å². The lowest BCUT2D eigenvalue weighted by molar-refractivity contribution is 0.411. The van der Waals surface area contributed by atoms with Crippen LogP contribution >= 0.6 is 0 Å². The Morgan fingerprint density at radius 2 is 1.94 bits per heavy atom. The molecule has 1 aromatic heterocycles. The van der Waals surface area contributed by atoms with Crippen LogP contribution in [0.4, 0.5) is 11.6 Å². The van der Waals surface area contributed by atoms with Crippen molar-refractivity contribution in [2.45, 2.75) is 33.6 Å². The first-order valence-electron chi connectivity index (χ1n) is 12.0. The van der Waals surface area contributed by atoms with Crippen LogP contribution in [0.15, 0.2) is 61.3 Å². The molecule has 0 saturated heterocycles. The zero-order chi connectivity index (χ0) is 24.5. The fourth-order valence-corrected chi connectivity index (χ4v) is 3.64. The van der Waals surface area contributed by atoms with Gasteiger partial charge in [-0.25, -0.2) is 9.97 Å². The fraction of sp³-hybridized carbons (Fsp3) is 0.310. The molecule has 0 aliphatic carbocycles. The maximum atomic E-state index is 4.86. The molecular weight excluding hydrogens is 418 g/mol. The van der Waals surface area contributed by atoms with Crippen LogP contribution in [0, 0.1) is 6.92 Å². The number of benzene rings is 2. The molecule has 178 valence electrons. The molecule has 1 heterocycles. The van der Waals surface area contributed by atoms with Gasteiger partial charge in [0.2, 0.25) is 5.95 Å². The largest absolute Gasteiger partial charge is 0.384 e. The van der Waals surface area contributed by atoms with Crippen molar-refractivity contribution in [1.82, 2.24) is 20.2 Å². The maximum absolute atomic E-state index is 4.86. The quantitative estimate of drug-likeness (QED) is 0.355. The zero-order valence-electron chi connectivity index (χ0n) is 21.2. The first-order chi connectivity index (χ1) is 16.4. The fourth-order valence-electron chi connectivity index (χ4n) is 3.64. The summed E-state index contributed by atoms with van der Waals surface area (Å²) in [5.41, 5.74) is 8.40. The topological polar surface area (TPSA) is 53.1 Å². The average Bonchev–Trinajstić information content (AvgIpc) is 2.83. The van der Waals surface area contributed by atoms with Crippen LogP contribution in [-0.4, -0.2) is 42.1 Å². The highest BCUT2D eigenvalue weighted by atomic mass is 15.1. The molecule has 5 heteroatoms. The van der Waals surface area contributed by atoms with E-state index in [9.17, 15) is 0 Å². The number of hydrogen-bond acceptors (Lipinski definition) is 5. The highest BCUT2D eigenvalue weighted by Gasteiger charge is 2.09. The minimum Gasteiger partial charge on any atom is -0.384 e. The molecule has 2 aromatic carbocycles. The van der Waals surface area contributed by atoms with Crippen LogP contribution in [0.5, 0.6) is 0 Å². The van der Waals surface area contributed by atoms with Crippen LogP contribution < -0.4 is 10.6 Å². The van der Waals surface area contributed by atoms with E-state index in [0.29, 0.717) is 5.95 Å². The second-order valence-electron chi connectivity index (χ2n) is 8.77. The maximum Gasteiger partial charge on any atom is 0.227 e. The van der Waals surface area contributed by atoms with E-state index < -0.39 is 0 Å². The Morgan fingerprint density at radius 1 is 1.12 bits per heavy atom. The van der Waals surface area contributed by atoms with Gasteiger partial charge in [0.05, 0.1) is 5.69 Å². The van der Waals surface area contributed by atoms with Crippen LogP contribution in [0.3, 0.4) is 0 Å². The van der Waals surface area contributed by atoms with Crippen molar-refractivity contribution >= 4 is 23.4 Å². The lowest BCUT2D eigenvalue weighted by atomic mass is 10.0. The van der Waals surface area contributed by atoms with Gasteiger partial charge in [-0.3, -0.25) is 0 Å². The van der Waals surface area contributed by atoms with Gasteiger partial charge in [-0.1, -0.05) is 50.8 Å². The molecule has 0 bridgehead atoms. The lowest BCUT2D eigenvalue weighted by Crippen LogP contribution is -2.25. The van der Waals surface area contributed by atoms with Crippen molar-refractivity contribution in [2.75, 3.05) is 32.5 Å². The number of likely N-dealkylation sites (N-methyl/N-ethyl adjacent to an activating group) is 1. The number of anilines is 2. The molecular formula is C29H37N5. The van der Waals surface area contributed by atoms with E-state index in [-0.39, 0.29) is 0 Å². The molecule has 5 nitrogen and oxygen atoms in total. The molecule has 0 radical (unpaired) electrons. The van der Waals surface area contributed by atoms with Gasteiger partial charge in [0.25, 0.3) is 0 Å². The normalized spacial score (nSPS) is 11.2. The van der Waals surface area contributed by atoms with Crippen molar-refractivity contribution in [3.05, 3.63) is 83.6 Å². The van der Waals surface area contributed by atoms with E-state index in [4.69, 9.17) is 4.98 Å². The summed E-state index contributed by atoms with van der Waals surface area (Å²) in [7, 11) is 4.13. The number of aromatic nitrogens is 2. The Bertz CT molecular complexity index is 1150. The number of nitrogens with one attached hydrogen (secondary N) is 2. The van der Waals surface area contributed by atoms with E-state index in [1.807, 2.05) is 6.20 Å². The summed E-state index contributed by atoms with van der Waals surface area (Å²) in [5.74, 6) is 0.580. The summed E-state index contributed by atoms with van der Waals surface area (Å²) in [5, 5.41) is 6.86. The number of rotatable bonds is 11. The molecule has 3 aromatic rings. The van der Waals surface area contributed by atoms with Crippen molar-refractivity contribution < 1.29 is 0 Å². The van der Waals surface area contributed by atoms with Crippen molar-refractivity contribution in [1.29, 1.82) is 0 Å². The summed E-state index contributed by atoms with van der Waals surface area (Å²) in [6, 6.07) is 14.9. The SMILES string of the molecule is C=C(NCCN(C)C)c1cc(/C=C/CC)cc(Nc2ncc(C)c(-c3cccc(CC)c3)n2)c1. The first kappa shape index (κ1) is 25.2. The summed E-state index contributed by atoms with van der Waals surface area (Å²) in [4.78, 5) is 11.6. The second kappa shape index (κ2) is 12.1. The molecule has 34 heavy (non-hydrogen) atoms. The Hall–Kier alpha value is -3.44. The third-order valence-corrected chi connectivity index (χ3v) is 5.58. The van der Waals surface area contributed by atoms with Gasteiger partial charge < -0.3 is 15.5 Å². The van der Waals surface area contributed by atoms with Gasteiger partial charge in [0, 0.05) is 36.2 Å². The second-order valence-corrected chi connectivity index (χ2v) is 8.77. The summed E-state index contributed by atoms with van der Waals surface area (Å²) in [6.07, 6.45) is 8.16.